The number of nitrogens with two attached hydrogens (primary N) is 1. The van der Waals surface area contributed by atoms with Crippen LogP contribution in [0.5, 0.6) is 11.5 Å². The number of amidine groups is 1. The number of carbonyl (C=O) groups is 2. The predicted octanol–water partition coefficient (Wildman–Crippen LogP) is 6.31. The van der Waals surface area contributed by atoms with E-state index in [4.69, 9.17) is 15.9 Å². The van der Waals surface area contributed by atoms with Gasteiger partial charge in [0.1, 0.15) is 11.9 Å². The van der Waals surface area contributed by atoms with Crippen LogP contribution in [0.2, 0.25) is 0 Å². The van der Waals surface area contributed by atoms with Crippen LogP contribution < -0.4 is 25.8 Å². The molecule has 4 aliphatic rings. The number of hydrogen-bond acceptors (Lipinski definition) is 6. The molecule has 5 N–H and O–H groups in total. The van der Waals surface area contributed by atoms with Crippen molar-refractivity contribution in [3.05, 3.63) is 47.1 Å². The van der Waals surface area contributed by atoms with Gasteiger partial charge in [0.15, 0.2) is 11.5 Å². The maximum Gasteiger partial charge on any atom is 0.586 e. The Bertz CT molecular complexity index is 1430. The van der Waals surface area contributed by atoms with Crippen molar-refractivity contribution < 1.29 is 27.8 Å². The van der Waals surface area contributed by atoms with E-state index < -0.39 is 18.0 Å². The fourth-order valence-corrected chi connectivity index (χ4v) is 7.38. The van der Waals surface area contributed by atoms with E-state index in [1.165, 1.54) is 12.1 Å². The number of fused-ring (bicyclic) bond motifs is 1. The molecule has 9 nitrogen and oxygen atoms in total. The van der Waals surface area contributed by atoms with Gasteiger partial charge >= 0.3 is 6.29 Å². The van der Waals surface area contributed by atoms with Gasteiger partial charge in [-0.15, -0.1) is 8.78 Å². The van der Waals surface area contributed by atoms with Gasteiger partial charge in [-0.05, 0) is 91.4 Å². The lowest BCUT2D eigenvalue weighted by molar-refractivity contribution is -0.286. The highest BCUT2D eigenvalue weighted by atomic mass is 19.3. The molecule has 0 bridgehead atoms. The van der Waals surface area contributed by atoms with Gasteiger partial charge in [-0.25, -0.2) is 0 Å². The molecule has 5 rings (SSSR count). The molecular weight excluding hydrogens is 592 g/mol. The van der Waals surface area contributed by atoms with Crippen molar-refractivity contribution in [3.8, 4) is 11.5 Å². The van der Waals surface area contributed by atoms with Crippen LogP contribution in [0, 0.1) is 22.2 Å². The summed E-state index contributed by atoms with van der Waals surface area (Å²) >= 11 is 0. The van der Waals surface area contributed by atoms with E-state index in [9.17, 15) is 18.4 Å². The number of rotatable bonds is 8. The second-order valence-corrected chi connectivity index (χ2v) is 15.6. The van der Waals surface area contributed by atoms with E-state index in [2.05, 4.69) is 61.8 Å². The van der Waals surface area contributed by atoms with Crippen molar-refractivity contribution in [2.45, 2.75) is 117 Å². The first-order valence-electron chi connectivity index (χ1n) is 16.4. The van der Waals surface area contributed by atoms with Crippen LogP contribution in [0.25, 0.3) is 0 Å². The van der Waals surface area contributed by atoms with E-state index in [1.807, 2.05) is 12.2 Å². The van der Waals surface area contributed by atoms with E-state index in [0.29, 0.717) is 29.9 Å². The van der Waals surface area contributed by atoms with Gasteiger partial charge in [0.05, 0.1) is 18.2 Å². The SMILES string of the molecule is CC(C)(C)CCC(C1=CC=C(C(=O)NCC(=N)N)CC1)N1C(=O)C(c2ccc3c(c2)OC(F)(F)O3)NC12CCC(C(C)(C)C)CC2. The average Bonchev–Trinajstić information content (AvgIpc) is 3.42. The molecule has 2 unspecified atom stereocenters. The van der Waals surface area contributed by atoms with Gasteiger partial charge in [-0.3, -0.25) is 20.3 Å². The van der Waals surface area contributed by atoms with Crippen LogP contribution >= 0.6 is 0 Å². The van der Waals surface area contributed by atoms with Crippen molar-refractivity contribution >= 4 is 17.6 Å². The van der Waals surface area contributed by atoms with Gasteiger partial charge in [-0.1, -0.05) is 59.8 Å². The van der Waals surface area contributed by atoms with E-state index in [0.717, 1.165) is 44.1 Å². The molecule has 252 valence electrons. The number of benzene rings is 1. The van der Waals surface area contributed by atoms with Gasteiger partial charge < -0.3 is 25.4 Å². The lowest BCUT2D eigenvalue weighted by Crippen LogP contribution is -2.59. The molecule has 11 heteroatoms. The Morgan fingerprint density at radius 1 is 1.11 bits per heavy atom. The number of alkyl halides is 2. The molecule has 2 atom stereocenters. The predicted molar refractivity (Wildman–Crippen MR) is 172 cm³/mol. The molecule has 1 spiro atoms. The molecule has 2 aliphatic heterocycles. The fraction of sp³-hybridized carbons (Fsp3) is 0.629. The summed E-state index contributed by atoms with van der Waals surface area (Å²) in [6.07, 6.45) is 6.25. The Balaban J connectivity index is 1.51. The Morgan fingerprint density at radius 2 is 1.78 bits per heavy atom. The third-order valence-electron chi connectivity index (χ3n) is 9.97. The molecule has 1 saturated carbocycles. The van der Waals surface area contributed by atoms with Crippen LogP contribution in [0.15, 0.2) is 41.5 Å². The molecular formula is C35H49F2N5O4. The number of halogens is 2. The summed E-state index contributed by atoms with van der Waals surface area (Å²) in [5.74, 6) is -0.0809. The highest BCUT2D eigenvalue weighted by molar-refractivity contribution is 5.96. The van der Waals surface area contributed by atoms with Crippen molar-refractivity contribution in [1.82, 2.24) is 15.5 Å². The fourth-order valence-electron chi connectivity index (χ4n) is 7.38. The molecule has 2 aliphatic carbocycles. The molecule has 2 heterocycles. The topological polar surface area (TPSA) is 130 Å². The zero-order valence-electron chi connectivity index (χ0n) is 27.9. The molecule has 1 saturated heterocycles. The average molecular weight is 642 g/mol. The van der Waals surface area contributed by atoms with Gasteiger partial charge in [0.2, 0.25) is 11.8 Å². The lowest BCUT2D eigenvalue weighted by Gasteiger charge is -2.49. The maximum atomic E-state index is 14.7. The van der Waals surface area contributed by atoms with Crippen LogP contribution in [0.3, 0.4) is 0 Å². The lowest BCUT2D eigenvalue weighted by atomic mass is 9.69. The first-order chi connectivity index (χ1) is 21.4. The summed E-state index contributed by atoms with van der Waals surface area (Å²) in [6, 6.07) is 3.64. The van der Waals surface area contributed by atoms with E-state index >= 15 is 0 Å². The monoisotopic (exact) mass is 641 g/mol. The number of hydrogen-bond donors (Lipinski definition) is 4. The van der Waals surface area contributed by atoms with Crippen LogP contribution in [-0.4, -0.2) is 47.1 Å². The summed E-state index contributed by atoms with van der Waals surface area (Å²) in [4.78, 5) is 29.5. The summed E-state index contributed by atoms with van der Waals surface area (Å²) in [5, 5.41) is 13.8. The first-order valence-corrected chi connectivity index (χ1v) is 16.4. The Morgan fingerprint density at radius 3 is 2.37 bits per heavy atom. The molecule has 2 amide bonds. The number of carbonyl (C=O) groups excluding carboxylic acids is 2. The zero-order chi connectivity index (χ0) is 33.7. The standard InChI is InChI=1S/C35H49F2N5O4/c1-32(2,3)16-15-25(21-7-9-22(10-8-21)30(43)40-20-28(38)39)42-31(44)29(23-11-12-26-27(19-23)46-35(36,37)45-26)41-34(42)17-13-24(14-18-34)33(4,5)6/h7,9,11-12,19,24-25,29,41H,8,10,13-18,20H2,1-6H3,(H3,38,39)(H,40,43). The van der Waals surface area contributed by atoms with Gasteiger partial charge in [-0.2, -0.15) is 0 Å². The third-order valence-corrected chi connectivity index (χ3v) is 9.97. The summed E-state index contributed by atoms with van der Waals surface area (Å²) in [7, 11) is 0. The normalized spacial score (nSPS) is 26.5. The quantitative estimate of drug-likeness (QED) is 0.195. The number of ether oxygens (including phenoxy) is 2. The molecule has 46 heavy (non-hydrogen) atoms. The molecule has 2 fully saturated rings. The molecule has 1 aromatic carbocycles. The summed E-state index contributed by atoms with van der Waals surface area (Å²) in [5.41, 5.74) is 7.23. The van der Waals surface area contributed by atoms with Crippen molar-refractivity contribution in [1.29, 1.82) is 5.41 Å². The van der Waals surface area contributed by atoms with E-state index in [-0.39, 0.29) is 52.6 Å². The smallest absolute Gasteiger partial charge is 0.395 e. The van der Waals surface area contributed by atoms with Gasteiger partial charge in [0, 0.05) is 5.57 Å². The van der Waals surface area contributed by atoms with Crippen LogP contribution in [0.4, 0.5) is 8.78 Å². The summed E-state index contributed by atoms with van der Waals surface area (Å²) in [6.45, 7) is 13.4. The highest BCUT2D eigenvalue weighted by Crippen LogP contribution is 2.50. The minimum absolute atomic E-state index is 0.00807. The Hall–Kier alpha value is -3.47. The van der Waals surface area contributed by atoms with Crippen molar-refractivity contribution in [2.75, 3.05) is 6.54 Å². The minimum atomic E-state index is -3.74. The first kappa shape index (κ1) is 33.9. The maximum absolute atomic E-state index is 14.7. The number of nitrogens with one attached hydrogen (secondary N) is 3. The number of allylic oxidation sites excluding steroid dienone is 2. The summed E-state index contributed by atoms with van der Waals surface area (Å²) < 4.78 is 37.1. The largest absolute Gasteiger partial charge is 0.586 e. The zero-order valence-corrected chi connectivity index (χ0v) is 27.9. The Kier molecular flexibility index (Phi) is 9.05. The second-order valence-electron chi connectivity index (χ2n) is 15.6. The Labute approximate surface area is 270 Å². The van der Waals surface area contributed by atoms with Crippen molar-refractivity contribution in [3.63, 3.8) is 0 Å². The molecule has 0 aromatic heterocycles. The van der Waals surface area contributed by atoms with Crippen molar-refractivity contribution in [2.24, 2.45) is 22.5 Å². The van der Waals surface area contributed by atoms with Crippen LogP contribution in [0.1, 0.15) is 105 Å². The number of nitrogens with zero attached hydrogens (tertiary/aromatic N) is 1. The number of amides is 2. The third kappa shape index (κ3) is 7.24. The second kappa shape index (κ2) is 12.3. The van der Waals surface area contributed by atoms with Gasteiger partial charge in [0.25, 0.3) is 0 Å². The highest BCUT2D eigenvalue weighted by Gasteiger charge is 2.56. The minimum Gasteiger partial charge on any atom is -0.395 e. The van der Waals surface area contributed by atoms with E-state index in [1.54, 1.807) is 6.07 Å². The molecule has 0 radical (unpaired) electrons. The van der Waals surface area contributed by atoms with Crippen LogP contribution in [-0.2, 0) is 9.59 Å². The molecule has 1 aromatic rings.